The number of nitrogens with one attached hydrogen (secondary N) is 2. The molecule has 2 heterocycles. The molecule has 0 aromatic heterocycles. The molecule has 3 amide bonds. The summed E-state index contributed by atoms with van der Waals surface area (Å²) in [5, 5.41) is 5.13. The topological polar surface area (TPSA) is 73.9 Å². The number of ether oxygens (including phenoxy) is 1. The van der Waals surface area contributed by atoms with Crippen LogP contribution in [0.4, 0.5) is 4.79 Å². The molecule has 164 valence electrons. The number of nitrogens with zero attached hydrogens (tertiary/aromatic N) is 2. The molecule has 4 rings (SSSR count). The molecule has 0 bridgehead atoms. The third-order valence-electron chi connectivity index (χ3n) is 5.87. The lowest BCUT2D eigenvalue weighted by atomic mass is 10.0. The standard InChI is InChI=1S/C24H30N4O3/c1-2-25-24(30)26-23(29)22(19-6-4-3-5-7-19)28-13-11-27(12-14-28)17-18-8-9-21-20(16-18)10-15-31-21/h3-9,16,22H,2,10-15,17H2,1H3,(H2,25,26,29,30)/t22-/m1/s1. The molecule has 7 heteroatoms. The molecule has 31 heavy (non-hydrogen) atoms. The normalized spacial score (nSPS) is 17.5. The first kappa shape index (κ1) is 21.3. The van der Waals surface area contributed by atoms with E-state index in [0.29, 0.717) is 6.54 Å². The minimum absolute atomic E-state index is 0.288. The number of imide groups is 1. The summed E-state index contributed by atoms with van der Waals surface area (Å²) >= 11 is 0. The highest BCUT2D eigenvalue weighted by Crippen LogP contribution is 2.27. The predicted molar refractivity (Wildman–Crippen MR) is 119 cm³/mol. The number of piperazine rings is 1. The van der Waals surface area contributed by atoms with Gasteiger partial charge in [0.1, 0.15) is 11.8 Å². The summed E-state index contributed by atoms with van der Waals surface area (Å²) in [5.74, 6) is 0.724. The number of benzene rings is 2. The summed E-state index contributed by atoms with van der Waals surface area (Å²) in [4.78, 5) is 29.5. The highest BCUT2D eigenvalue weighted by Gasteiger charge is 2.31. The van der Waals surface area contributed by atoms with Crippen LogP contribution in [0.3, 0.4) is 0 Å². The van der Waals surface area contributed by atoms with Gasteiger partial charge in [-0.3, -0.25) is 19.9 Å². The van der Waals surface area contributed by atoms with E-state index in [4.69, 9.17) is 4.74 Å². The molecular weight excluding hydrogens is 392 g/mol. The predicted octanol–water partition coefficient (Wildman–Crippen LogP) is 2.33. The molecule has 0 radical (unpaired) electrons. The zero-order valence-corrected chi connectivity index (χ0v) is 18.0. The molecule has 2 aromatic carbocycles. The second-order valence-electron chi connectivity index (χ2n) is 8.01. The highest BCUT2D eigenvalue weighted by molar-refractivity contribution is 5.97. The van der Waals surface area contributed by atoms with Crippen LogP contribution in [0, 0.1) is 0 Å². The first-order chi connectivity index (χ1) is 15.1. The number of amides is 3. The van der Waals surface area contributed by atoms with Crippen LogP contribution in [-0.4, -0.2) is 61.1 Å². The maximum absolute atomic E-state index is 13.0. The van der Waals surface area contributed by atoms with Gasteiger partial charge in [-0.25, -0.2) is 4.79 Å². The molecule has 1 atom stereocenters. The van der Waals surface area contributed by atoms with E-state index in [1.54, 1.807) is 0 Å². The number of carbonyl (C=O) groups excluding carboxylic acids is 2. The van der Waals surface area contributed by atoms with E-state index in [1.165, 1.54) is 11.1 Å². The summed E-state index contributed by atoms with van der Waals surface area (Å²) < 4.78 is 5.60. The molecule has 2 aliphatic rings. The van der Waals surface area contributed by atoms with Crippen LogP contribution in [-0.2, 0) is 17.8 Å². The SMILES string of the molecule is CCNC(=O)NC(=O)[C@@H](c1ccccc1)N1CCN(Cc2ccc3c(c2)CCO3)CC1. The van der Waals surface area contributed by atoms with Crippen LogP contribution in [0.2, 0.25) is 0 Å². The van der Waals surface area contributed by atoms with Crippen LogP contribution < -0.4 is 15.4 Å². The Kier molecular flexibility index (Phi) is 6.84. The second-order valence-corrected chi connectivity index (χ2v) is 8.01. The lowest BCUT2D eigenvalue weighted by molar-refractivity contribution is -0.126. The summed E-state index contributed by atoms with van der Waals surface area (Å²) in [7, 11) is 0. The molecule has 2 aliphatic heterocycles. The first-order valence-corrected chi connectivity index (χ1v) is 11.0. The molecule has 0 aliphatic carbocycles. The fraction of sp³-hybridized carbons (Fsp3) is 0.417. The molecule has 0 saturated carbocycles. The van der Waals surface area contributed by atoms with Crippen LogP contribution >= 0.6 is 0 Å². The van der Waals surface area contributed by atoms with Crippen LogP contribution in [0.25, 0.3) is 0 Å². The van der Waals surface area contributed by atoms with Gasteiger partial charge in [0.05, 0.1) is 6.61 Å². The number of carbonyl (C=O) groups is 2. The average molecular weight is 423 g/mol. The Morgan fingerprint density at radius 2 is 1.84 bits per heavy atom. The molecular formula is C24H30N4O3. The van der Waals surface area contributed by atoms with Gasteiger partial charge in [0.15, 0.2) is 0 Å². The molecule has 7 nitrogen and oxygen atoms in total. The number of rotatable bonds is 6. The van der Waals surface area contributed by atoms with Crippen molar-refractivity contribution in [3.63, 3.8) is 0 Å². The Labute approximate surface area is 183 Å². The Morgan fingerprint density at radius 3 is 2.58 bits per heavy atom. The Hall–Kier alpha value is -2.90. The van der Waals surface area contributed by atoms with Crippen molar-refractivity contribution < 1.29 is 14.3 Å². The minimum Gasteiger partial charge on any atom is -0.493 e. The van der Waals surface area contributed by atoms with Gasteiger partial charge in [-0.2, -0.15) is 0 Å². The number of urea groups is 1. The maximum atomic E-state index is 13.0. The van der Waals surface area contributed by atoms with Gasteiger partial charge < -0.3 is 10.1 Å². The summed E-state index contributed by atoms with van der Waals surface area (Å²) in [6, 6.07) is 15.2. The fourth-order valence-electron chi connectivity index (χ4n) is 4.32. The number of hydrogen-bond acceptors (Lipinski definition) is 5. The second kappa shape index (κ2) is 9.94. The summed E-state index contributed by atoms with van der Waals surface area (Å²) in [5.41, 5.74) is 3.49. The van der Waals surface area contributed by atoms with Crippen molar-refractivity contribution in [3.8, 4) is 5.75 Å². The van der Waals surface area contributed by atoms with E-state index in [9.17, 15) is 9.59 Å². The van der Waals surface area contributed by atoms with Gasteiger partial charge in [-0.1, -0.05) is 42.5 Å². The lowest BCUT2D eigenvalue weighted by Gasteiger charge is -2.38. The Bertz CT molecular complexity index is 910. The largest absolute Gasteiger partial charge is 0.493 e. The van der Waals surface area contributed by atoms with E-state index in [2.05, 4.69) is 38.6 Å². The van der Waals surface area contributed by atoms with Crippen molar-refractivity contribution in [2.45, 2.75) is 25.9 Å². The molecule has 2 aromatic rings. The molecule has 0 spiro atoms. The van der Waals surface area contributed by atoms with E-state index in [-0.39, 0.29) is 5.91 Å². The van der Waals surface area contributed by atoms with Crippen molar-refractivity contribution in [1.29, 1.82) is 0 Å². The highest BCUT2D eigenvalue weighted by atomic mass is 16.5. The number of hydrogen-bond donors (Lipinski definition) is 2. The van der Waals surface area contributed by atoms with Gasteiger partial charge >= 0.3 is 6.03 Å². The van der Waals surface area contributed by atoms with Crippen molar-refractivity contribution in [2.24, 2.45) is 0 Å². The lowest BCUT2D eigenvalue weighted by Crippen LogP contribution is -2.52. The molecule has 1 fully saturated rings. The number of fused-ring (bicyclic) bond motifs is 1. The van der Waals surface area contributed by atoms with Crippen molar-refractivity contribution in [3.05, 3.63) is 65.2 Å². The van der Waals surface area contributed by atoms with Crippen molar-refractivity contribution in [1.82, 2.24) is 20.4 Å². The average Bonchev–Trinajstić information content (AvgIpc) is 3.24. The zero-order valence-electron chi connectivity index (χ0n) is 18.0. The van der Waals surface area contributed by atoms with Crippen LogP contribution in [0.1, 0.15) is 29.7 Å². The smallest absolute Gasteiger partial charge is 0.321 e. The van der Waals surface area contributed by atoms with Crippen LogP contribution in [0.5, 0.6) is 5.75 Å². The van der Waals surface area contributed by atoms with E-state index in [1.807, 2.05) is 37.3 Å². The third-order valence-corrected chi connectivity index (χ3v) is 5.87. The molecule has 1 saturated heterocycles. The van der Waals surface area contributed by atoms with E-state index >= 15 is 0 Å². The van der Waals surface area contributed by atoms with E-state index in [0.717, 1.165) is 57.1 Å². The maximum Gasteiger partial charge on any atom is 0.321 e. The van der Waals surface area contributed by atoms with Crippen molar-refractivity contribution in [2.75, 3.05) is 39.3 Å². The van der Waals surface area contributed by atoms with Gasteiger partial charge in [0.2, 0.25) is 5.91 Å². The summed E-state index contributed by atoms with van der Waals surface area (Å²) in [6.45, 7) is 7.22. The van der Waals surface area contributed by atoms with Gasteiger partial charge in [0, 0.05) is 45.7 Å². The van der Waals surface area contributed by atoms with Gasteiger partial charge in [-0.05, 0) is 29.7 Å². The Morgan fingerprint density at radius 1 is 1.06 bits per heavy atom. The van der Waals surface area contributed by atoms with Crippen molar-refractivity contribution >= 4 is 11.9 Å². The monoisotopic (exact) mass is 422 g/mol. The van der Waals surface area contributed by atoms with E-state index < -0.39 is 12.1 Å². The van der Waals surface area contributed by atoms with Gasteiger partial charge in [-0.15, -0.1) is 0 Å². The zero-order chi connectivity index (χ0) is 21.6. The quantitative estimate of drug-likeness (QED) is 0.748. The first-order valence-electron chi connectivity index (χ1n) is 11.0. The third kappa shape index (κ3) is 5.24. The van der Waals surface area contributed by atoms with Crippen LogP contribution in [0.15, 0.2) is 48.5 Å². The molecule has 0 unspecified atom stereocenters. The Balaban J connectivity index is 1.40. The van der Waals surface area contributed by atoms with Gasteiger partial charge in [0.25, 0.3) is 0 Å². The summed E-state index contributed by atoms with van der Waals surface area (Å²) in [6.07, 6.45) is 0.983. The molecule has 2 N–H and O–H groups in total. The fourth-order valence-corrected chi connectivity index (χ4v) is 4.32. The minimum atomic E-state index is -0.483.